The highest BCUT2D eigenvalue weighted by molar-refractivity contribution is 6.11. The zero-order valence-electron chi connectivity index (χ0n) is 12.4. The number of hydrogen-bond acceptors (Lipinski definition) is 5. The molecule has 0 heterocycles. The van der Waals surface area contributed by atoms with Crippen molar-refractivity contribution in [2.45, 2.75) is 20.8 Å². The van der Waals surface area contributed by atoms with Gasteiger partial charge in [0.15, 0.2) is 5.75 Å². The van der Waals surface area contributed by atoms with Crippen molar-refractivity contribution in [2.24, 2.45) is 16.6 Å². The first kappa shape index (κ1) is 15.9. The van der Waals surface area contributed by atoms with E-state index in [1.54, 1.807) is 12.3 Å². The van der Waals surface area contributed by atoms with Gasteiger partial charge in [-0.15, -0.1) is 0 Å². The summed E-state index contributed by atoms with van der Waals surface area (Å²) >= 11 is 0. The van der Waals surface area contributed by atoms with Crippen LogP contribution in [0.5, 0.6) is 5.75 Å². The summed E-state index contributed by atoms with van der Waals surface area (Å²) < 4.78 is 5.81. The Morgan fingerprint density at radius 3 is 2.60 bits per heavy atom. The normalized spacial score (nSPS) is 12.3. The molecule has 0 aliphatic carbocycles. The van der Waals surface area contributed by atoms with Crippen molar-refractivity contribution < 1.29 is 4.74 Å². The molecule has 0 radical (unpaired) electrons. The molecule has 0 atom stereocenters. The molecule has 0 spiro atoms. The lowest BCUT2D eigenvalue weighted by Crippen LogP contribution is -2.10. The standard InChI is InChI=1S/C15H24N4O/c1-4-19-8-11(7-16)12-5-6-13(17)14(18)15(12)20-9-10(2)3/h5-8,10H,4,9,16-18H2,1-3H3. The lowest BCUT2D eigenvalue weighted by molar-refractivity contribution is 0.272. The molecular formula is C15H24N4O. The summed E-state index contributed by atoms with van der Waals surface area (Å²) in [5.74, 6) is 0.955. The van der Waals surface area contributed by atoms with E-state index in [9.17, 15) is 0 Å². The number of allylic oxidation sites excluding steroid dienone is 1. The van der Waals surface area contributed by atoms with Crippen molar-refractivity contribution in [3.8, 4) is 5.75 Å². The van der Waals surface area contributed by atoms with E-state index in [1.807, 2.05) is 13.0 Å². The number of benzene rings is 1. The maximum Gasteiger partial charge on any atom is 0.152 e. The zero-order chi connectivity index (χ0) is 15.1. The Morgan fingerprint density at radius 1 is 1.35 bits per heavy atom. The number of anilines is 2. The Balaban J connectivity index is 3.23. The third-order valence-electron chi connectivity index (χ3n) is 2.69. The lowest BCUT2D eigenvalue weighted by atomic mass is 10.0. The molecule has 20 heavy (non-hydrogen) atoms. The van der Waals surface area contributed by atoms with Crippen LogP contribution in [-0.4, -0.2) is 19.4 Å². The molecule has 5 heteroatoms. The highest BCUT2D eigenvalue weighted by Gasteiger charge is 2.14. The van der Waals surface area contributed by atoms with Crippen LogP contribution in [-0.2, 0) is 0 Å². The van der Waals surface area contributed by atoms with E-state index in [4.69, 9.17) is 21.9 Å². The highest BCUT2D eigenvalue weighted by atomic mass is 16.5. The van der Waals surface area contributed by atoms with Crippen LogP contribution in [0.1, 0.15) is 26.3 Å². The van der Waals surface area contributed by atoms with Gasteiger partial charge in [0, 0.05) is 30.1 Å². The van der Waals surface area contributed by atoms with Gasteiger partial charge >= 0.3 is 0 Å². The first-order valence-electron chi connectivity index (χ1n) is 6.74. The summed E-state index contributed by atoms with van der Waals surface area (Å²) in [4.78, 5) is 4.21. The van der Waals surface area contributed by atoms with Gasteiger partial charge in [-0.05, 0) is 25.0 Å². The molecule has 0 saturated carbocycles. The largest absolute Gasteiger partial charge is 0.490 e. The molecule has 0 saturated heterocycles. The third-order valence-corrected chi connectivity index (χ3v) is 2.69. The minimum absolute atomic E-state index is 0.387. The summed E-state index contributed by atoms with van der Waals surface area (Å²) in [7, 11) is 0. The average Bonchev–Trinajstić information content (AvgIpc) is 2.42. The van der Waals surface area contributed by atoms with Gasteiger partial charge in [-0.2, -0.15) is 0 Å². The number of ether oxygens (including phenoxy) is 1. The highest BCUT2D eigenvalue weighted by Crippen LogP contribution is 2.35. The van der Waals surface area contributed by atoms with Gasteiger partial charge in [-0.1, -0.05) is 13.8 Å². The van der Waals surface area contributed by atoms with Crippen molar-refractivity contribution in [1.82, 2.24) is 0 Å². The molecule has 0 bridgehead atoms. The average molecular weight is 276 g/mol. The summed E-state index contributed by atoms with van der Waals surface area (Å²) in [5.41, 5.74) is 20.1. The van der Waals surface area contributed by atoms with Crippen molar-refractivity contribution in [3.63, 3.8) is 0 Å². The molecule has 1 rings (SSSR count). The van der Waals surface area contributed by atoms with Crippen molar-refractivity contribution in [3.05, 3.63) is 23.9 Å². The Kier molecular flexibility index (Phi) is 5.90. The molecule has 0 unspecified atom stereocenters. The van der Waals surface area contributed by atoms with Crippen molar-refractivity contribution in [1.29, 1.82) is 0 Å². The van der Waals surface area contributed by atoms with Crippen LogP contribution < -0.4 is 21.9 Å². The summed E-state index contributed by atoms with van der Waals surface area (Å²) in [6.07, 6.45) is 3.21. The molecule has 0 aliphatic rings. The maximum absolute atomic E-state index is 6.03. The van der Waals surface area contributed by atoms with Gasteiger partial charge < -0.3 is 21.9 Å². The van der Waals surface area contributed by atoms with E-state index < -0.39 is 0 Å². The number of nitrogens with two attached hydrogens (primary N) is 3. The number of nitrogen functional groups attached to an aromatic ring is 2. The molecule has 0 fully saturated rings. The molecule has 0 aromatic heterocycles. The van der Waals surface area contributed by atoms with Crippen LogP contribution in [0.15, 0.2) is 23.3 Å². The second-order valence-electron chi connectivity index (χ2n) is 4.90. The van der Waals surface area contributed by atoms with Crippen LogP contribution in [0.2, 0.25) is 0 Å². The van der Waals surface area contributed by atoms with Crippen LogP contribution in [0.3, 0.4) is 0 Å². The molecule has 1 aromatic rings. The SMILES string of the molecule is CCN=CC(=CN)c1ccc(N)c(N)c1OCC(C)C. The van der Waals surface area contributed by atoms with Gasteiger partial charge in [0.25, 0.3) is 0 Å². The smallest absolute Gasteiger partial charge is 0.152 e. The number of aliphatic imine (C=N–C) groups is 1. The fraction of sp³-hybridized carbons (Fsp3) is 0.400. The van der Waals surface area contributed by atoms with E-state index in [0.29, 0.717) is 36.2 Å². The number of rotatable bonds is 6. The number of hydrogen-bond donors (Lipinski definition) is 3. The van der Waals surface area contributed by atoms with Gasteiger partial charge in [0.05, 0.1) is 18.0 Å². The first-order valence-corrected chi connectivity index (χ1v) is 6.74. The van der Waals surface area contributed by atoms with E-state index in [1.165, 1.54) is 6.20 Å². The molecular weight excluding hydrogens is 252 g/mol. The van der Waals surface area contributed by atoms with Crippen LogP contribution in [0, 0.1) is 5.92 Å². The van der Waals surface area contributed by atoms with Crippen LogP contribution >= 0.6 is 0 Å². The predicted molar refractivity (Wildman–Crippen MR) is 86.8 cm³/mol. The Morgan fingerprint density at radius 2 is 2.05 bits per heavy atom. The monoisotopic (exact) mass is 276 g/mol. The van der Waals surface area contributed by atoms with E-state index in [2.05, 4.69) is 18.8 Å². The summed E-state index contributed by atoms with van der Waals surface area (Å²) in [6.45, 7) is 7.34. The van der Waals surface area contributed by atoms with Gasteiger partial charge in [0.2, 0.25) is 0 Å². The van der Waals surface area contributed by atoms with Gasteiger partial charge in [-0.25, -0.2) is 0 Å². The van der Waals surface area contributed by atoms with Crippen LogP contribution in [0.4, 0.5) is 11.4 Å². The molecule has 5 nitrogen and oxygen atoms in total. The second kappa shape index (κ2) is 7.43. The fourth-order valence-corrected chi connectivity index (χ4v) is 1.64. The fourth-order valence-electron chi connectivity index (χ4n) is 1.64. The molecule has 1 aromatic carbocycles. The summed E-state index contributed by atoms with van der Waals surface area (Å²) in [6, 6.07) is 3.60. The molecule has 6 N–H and O–H groups in total. The predicted octanol–water partition coefficient (Wildman–Crippen LogP) is 2.28. The van der Waals surface area contributed by atoms with Crippen molar-refractivity contribution >= 4 is 23.2 Å². The Bertz CT molecular complexity index is 507. The Labute approximate surface area is 120 Å². The van der Waals surface area contributed by atoms with Gasteiger partial charge in [-0.3, -0.25) is 4.99 Å². The quantitative estimate of drug-likeness (QED) is 0.548. The minimum Gasteiger partial charge on any atom is -0.490 e. The maximum atomic E-state index is 6.03. The molecule has 0 aliphatic heterocycles. The Hall–Kier alpha value is -2.17. The first-order chi connectivity index (χ1) is 9.51. The number of nitrogens with zero attached hydrogens (tertiary/aromatic N) is 1. The summed E-state index contributed by atoms with van der Waals surface area (Å²) in [5, 5.41) is 0. The minimum atomic E-state index is 0.387. The lowest BCUT2D eigenvalue weighted by Gasteiger charge is -2.17. The van der Waals surface area contributed by atoms with E-state index >= 15 is 0 Å². The van der Waals surface area contributed by atoms with E-state index in [0.717, 1.165) is 11.1 Å². The van der Waals surface area contributed by atoms with Gasteiger partial charge in [0.1, 0.15) is 0 Å². The molecule has 0 amide bonds. The third kappa shape index (κ3) is 3.91. The van der Waals surface area contributed by atoms with Crippen LogP contribution in [0.25, 0.3) is 5.57 Å². The van der Waals surface area contributed by atoms with Crippen molar-refractivity contribution in [2.75, 3.05) is 24.6 Å². The van der Waals surface area contributed by atoms with E-state index in [-0.39, 0.29) is 0 Å². The topological polar surface area (TPSA) is 99.6 Å². The second-order valence-corrected chi connectivity index (χ2v) is 4.90. The zero-order valence-corrected chi connectivity index (χ0v) is 12.4. The molecule has 110 valence electrons.